The number of hydrogen-bond acceptors (Lipinski definition) is 4. The third kappa shape index (κ3) is 4.40. The highest BCUT2D eigenvalue weighted by Gasteiger charge is 2.18. The molecule has 0 aliphatic carbocycles. The van der Waals surface area contributed by atoms with Crippen LogP contribution in [0.1, 0.15) is 20.3 Å². The van der Waals surface area contributed by atoms with Crippen LogP contribution in [0, 0.1) is 0 Å². The standard InChI is InChI=1S/C10H22N2O2Si2/c1-7-9(13)10(14)8(2)11-12(15(3)4)16(5)6/h15-16H,7H2,1-6H3. The smallest absolute Gasteiger partial charge is 0.244 e. The predicted molar refractivity (Wildman–Crippen MR) is 73.0 cm³/mol. The maximum atomic E-state index is 11.6. The first kappa shape index (κ1) is 15.2. The molecule has 92 valence electrons. The largest absolute Gasteiger partial charge is 0.355 e. The summed E-state index contributed by atoms with van der Waals surface area (Å²) in [6.07, 6.45) is 0.254. The van der Waals surface area contributed by atoms with Crippen LogP contribution in [0.4, 0.5) is 0 Å². The topological polar surface area (TPSA) is 49.7 Å². The molecule has 0 N–H and O–H groups in total. The van der Waals surface area contributed by atoms with E-state index in [1.54, 1.807) is 13.8 Å². The molecule has 0 aromatic carbocycles. The summed E-state index contributed by atoms with van der Waals surface area (Å²) in [6, 6.07) is 0. The molecule has 0 saturated carbocycles. The van der Waals surface area contributed by atoms with Crippen molar-refractivity contribution in [2.75, 3.05) is 0 Å². The molecular weight excluding hydrogens is 236 g/mol. The van der Waals surface area contributed by atoms with Crippen molar-refractivity contribution in [3.8, 4) is 0 Å². The van der Waals surface area contributed by atoms with Gasteiger partial charge in [-0.2, -0.15) is 5.10 Å². The molecule has 4 nitrogen and oxygen atoms in total. The first-order chi connectivity index (χ1) is 7.31. The Morgan fingerprint density at radius 3 is 1.88 bits per heavy atom. The summed E-state index contributed by atoms with van der Waals surface area (Å²) in [5.74, 6) is -0.783. The van der Waals surface area contributed by atoms with E-state index in [1.165, 1.54) is 0 Å². The molecule has 0 fully saturated rings. The van der Waals surface area contributed by atoms with Gasteiger partial charge in [-0.05, 0) is 6.92 Å². The Labute approximate surface area is 101 Å². The van der Waals surface area contributed by atoms with Gasteiger partial charge in [0.25, 0.3) is 0 Å². The summed E-state index contributed by atoms with van der Waals surface area (Å²) in [7, 11) is -2.07. The average Bonchev–Trinajstić information content (AvgIpc) is 2.22. The van der Waals surface area contributed by atoms with Crippen LogP contribution in [-0.4, -0.2) is 39.5 Å². The molecule has 0 atom stereocenters. The van der Waals surface area contributed by atoms with Gasteiger partial charge in [0, 0.05) is 6.42 Å². The van der Waals surface area contributed by atoms with Gasteiger partial charge in [0.05, 0.1) is 0 Å². The summed E-state index contributed by atoms with van der Waals surface area (Å²) in [6.45, 7) is 12.0. The van der Waals surface area contributed by atoms with Crippen molar-refractivity contribution >= 4 is 35.2 Å². The molecule has 0 aromatic heterocycles. The lowest BCUT2D eigenvalue weighted by Gasteiger charge is -2.27. The number of carbonyl (C=O) groups is 2. The number of ketones is 2. The quantitative estimate of drug-likeness (QED) is 0.311. The highest BCUT2D eigenvalue weighted by molar-refractivity contribution is 6.70. The van der Waals surface area contributed by atoms with E-state index in [1.807, 2.05) is 0 Å². The molecule has 0 rings (SSSR count). The van der Waals surface area contributed by atoms with Gasteiger partial charge in [0.2, 0.25) is 11.6 Å². The summed E-state index contributed by atoms with van der Waals surface area (Å²) in [5.41, 5.74) is 0.342. The Bertz CT molecular complexity index is 293. The van der Waals surface area contributed by atoms with E-state index >= 15 is 0 Å². The van der Waals surface area contributed by atoms with Crippen molar-refractivity contribution in [1.29, 1.82) is 0 Å². The molecule has 6 heteroatoms. The third-order valence-electron chi connectivity index (χ3n) is 2.23. The fourth-order valence-corrected chi connectivity index (χ4v) is 6.99. The molecule has 0 aliphatic heterocycles. The van der Waals surface area contributed by atoms with Crippen LogP contribution in [0.5, 0.6) is 0 Å². The van der Waals surface area contributed by atoms with Gasteiger partial charge in [0.15, 0.2) is 0 Å². The van der Waals surface area contributed by atoms with E-state index in [-0.39, 0.29) is 12.2 Å². The zero-order chi connectivity index (χ0) is 12.9. The molecule has 0 amide bonds. The normalized spacial score (nSPS) is 12.1. The van der Waals surface area contributed by atoms with Crippen molar-refractivity contribution < 1.29 is 9.59 Å². The molecule has 0 aromatic rings. The van der Waals surface area contributed by atoms with Gasteiger partial charge in [-0.3, -0.25) is 9.59 Å². The second-order valence-corrected chi connectivity index (χ2v) is 10.4. The summed E-state index contributed by atoms with van der Waals surface area (Å²) < 4.78 is 2.11. The SMILES string of the molecule is CCC(=O)C(=O)C(C)=NN([SiH](C)C)[SiH](C)C. The van der Waals surface area contributed by atoms with Crippen LogP contribution < -0.4 is 0 Å². The van der Waals surface area contributed by atoms with Gasteiger partial charge in [-0.15, -0.1) is 0 Å². The van der Waals surface area contributed by atoms with Crippen LogP contribution >= 0.6 is 0 Å². The van der Waals surface area contributed by atoms with Gasteiger partial charge >= 0.3 is 0 Å². The zero-order valence-electron chi connectivity index (χ0n) is 11.1. The Kier molecular flexibility index (Phi) is 6.43. The second kappa shape index (κ2) is 6.75. The van der Waals surface area contributed by atoms with Crippen molar-refractivity contribution in [3.05, 3.63) is 0 Å². The molecular formula is C10H22N2O2Si2. The van der Waals surface area contributed by atoms with E-state index in [0.29, 0.717) is 5.71 Å². The summed E-state index contributed by atoms with van der Waals surface area (Å²) in [5, 5.41) is 4.35. The fraction of sp³-hybridized carbons (Fsp3) is 0.700. The van der Waals surface area contributed by atoms with Crippen molar-refractivity contribution in [3.63, 3.8) is 0 Å². The van der Waals surface area contributed by atoms with E-state index in [0.717, 1.165) is 0 Å². The maximum Gasteiger partial charge on any atom is 0.244 e. The Balaban J connectivity index is 4.86. The molecule has 0 unspecified atom stereocenters. The van der Waals surface area contributed by atoms with E-state index < -0.39 is 23.7 Å². The Morgan fingerprint density at radius 2 is 1.56 bits per heavy atom. The fourth-order valence-electron chi connectivity index (χ4n) is 1.41. The number of hydrogen-bond donors (Lipinski definition) is 0. The van der Waals surface area contributed by atoms with E-state index in [2.05, 4.69) is 35.6 Å². The zero-order valence-corrected chi connectivity index (χ0v) is 13.4. The molecule has 0 bridgehead atoms. The Hall–Kier alpha value is -0.756. The number of rotatable bonds is 6. The predicted octanol–water partition coefficient (Wildman–Crippen LogP) is 1.18. The highest BCUT2D eigenvalue weighted by Crippen LogP contribution is 2.02. The van der Waals surface area contributed by atoms with Crippen LogP contribution in [0.25, 0.3) is 0 Å². The number of Topliss-reactive ketones (excluding diaryl/α,β-unsaturated/α-hetero) is 2. The van der Waals surface area contributed by atoms with Crippen LogP contribution in [0.15, 0.2) is 5.10 Å². The highest BCUT2D eigenvalue weighted by atomic mass is 28.3. The molecule has 0 aliphatic rings. The van der Waals surface area contributed by atoms with Gasteiger partial charge in [-0.25, -0.2) is 0 Å². The average molecular weight is 258 g/mol. The van der Waals surface area contributed by atoms with Crippen molar-refractivity contribution in [1.82, 2.24) is 4.34 Å². The Morgan fingerprint density at radius 1 is 1.12 bits per heavy atom. The van der Waals surface area contributed by atoms with Gasteiger partial charge in [0.1, 0.15) is 23.6 Å². The van der Waals surface area contributed by atoms with Crippen LogP contribution in [0.2, 0.25) is 26.2 Å². The van der Waals surface area contributed by atoms with Gasteiger partial charge in [-0.1, -0.05) is 33.1 Å². The minimum Gasteiger partial charge on any atom is -0.355 e. The summed E-state index contributed by atoms with van der Waals surface area (Å²) in [4.78, 5) is 22.8. The van der Waals surface area contributed by atoms with E-state index in [9.17, 15) is 9.59 Å². The van der Waals surface area contributed by atoms with E-state index in [4.69, 9.17) is 0 Å². The molecule has 16 heavy (non-hydrogen) atoms. The van der Waals surface area contributed by atoms with Crippen LogP contribution in [0.3, 0.4) is 0 Å². The number of carbonyl (C=O) groups excluding carboxylic acids is 2. The first-order valence-corrected chi connectivity index (χ1v) is 11.4. The molecule has 0 saturated heterocycles. The summed E-state index contributed by atoms with van der Waals surface area (Å²) >= 11 is 0. The number of nitrogens with zero attached hydrogens (tertiary/aromatic N) is 2. The van der Waals surface area contributed by atoms with Gasteiger partial charge < -0.3 is 4.34 Å². The molecule has 0 spiro atoms. The monoisotopic (exact) mass is 258 g/mol. The van der Waals surface area contributed by atoms with Crippen LogP contribution in [-0.2, 0) is 9.59 Å². The molecule has 0 radical (unpaired) electrons. The minimum absolute atomic E-state index is 0.254. The first-order valence-electron chi connectivity index (χ1n) is 5.72. The van der Waals surface area contributed by atoms with Crippen molar-refractivity contribution in [2.45, 2.75) is 46.5 Å². The second-order valence-electron chi connectivity index (χ2n) is 4.36. The van der Waals surface area contributed by atoms with Crippen molar-refractivity contribution in [2.24, 2.45) is 5.10 Å². The minimum atomic E-state index is -1.04. The lowest BCUT2D eigenvalue weighted by Crippen LogP contribution is -2.40. The lowest BCUT2D eigenvalue weighted by atomic mass is 10.1. The lowest BCUT2D eigenvalue weighted by molar-refractivity contribution is -0.132. The third-order valence-corrected chi connectivity index (χ3v) is 8.15. The number of hydrazone groups is 1. The maximum absolute atomic E-state index is 11.6. The molecule has 0 heterocycles.